The van der Waals surface area contributed by atoms with Gasteiger partial charge in [0.15, 0.2) is 3.95 Å². The molecule has 0 spiro atoms. The quantitative estimate of drug-likeness (QED) is 0.614. The smallest absolute Gasteiger partial charge is 0.265 e. The molecule has 3 aromatic rings. The Kier molecular flexibility index (Phi) is 5.78. The van der Waals surface area contributed by atoms with Crippen LogP contribution in [0.1, 0.15) is 15.2 Å². The van der Waals surface area contributed by atoms with E-state index in [2.05, 4.69) is 5.32 Å². The van der Waals surface area contributed by atoms with Gasteiger partial charge < -0.3 is 20.5 Å². The van der Waals surface area contributed by atoms with Gasteiger partial charge in [-0.2, -0.15) is 0 Å². The Morgan fingerprint density at radius 3 is 2.59 bits per heavy atom. The highest BCUT2D eigenvalue weighted by molar-refractivity contribution is 7.73. The first-order valence-corrected chi connectivity index (χ1v) is 9.33. The van der Waals surface area contributed by atoms with E-state index in [9.17, 15) is 4.79 Å². The number of hydrogen-bond acceptors (Lipinski definition) is 6. The molecule has 0 unspecified atom stereocenters. The monoisotopic (exact) mass is 401 g/mol. The van der Waals surface area contributed by atoms with E-state index in [0.29, 0.717) is 32.6 Å². The lowest BCUT2D eigenvalue weighted by molar-refractivity contribution is 0.0955. The van der Waals surface area contributed by atoms with Crippen molar-refractivity contribution in [3.63, 3.8) is 0 Å². The molecule has 0 bridgehead atoms. The minimum absolute atomic E-state index is 0.265. The number of nitrogens with one attached hydrogen (secondary N) is 1. The number of carbonyl (C=O) groups excluding carboxylic acids is 1. The van der Waals surface area contributed by atoms with Gasteiger partial charge in [-0.3, -0.25) is 9.36 Å². The van der Waals surface area contributed by atoms with Crippen LogP contribution in [0.3, 0.4) is 0 Å². The summed E-state index contributed by atoms with van der Waals surface area (Å²) in [6, 6.07) is 15.0. The van der Waals surface area contributed by atoms with Crippen molar-refractivity contribution in [1.29, 1.82) is 0 Å². The zero-order valence-electron chi connectivity index (χ0n) is 14.9. The van der Waals surface area contributed by atoms with Gasteiger partial charge in [0.1, 0.15) is 22.2 Å². The number of thiazole rings is 1. The van der Waals surface area contributed by atoms with E-state index >= 15 is 0 Å². The molecule has 0 aliphatic carbocycles. The maximum atomic E-state index is 12.6. The lowest BCUT2D eigenvalue weighted by Crippen LogP contribution is -2.23. The average molecular weight is 402 g/mol. The van der Waals surface area contributed by atoms with Gasteiger partial charge in [0.2, 0.25) is 0 Å². The molecule has 8 heteroatoms. The van der Waals surface area contributed by atoms with Crippen LogP contribution in [-0.2, 0) is 6.54 Å². The summed E-state index contributed by atoms with van der Waals surface area (Å²) in [5, 5.41) is 2.88. The number of methoxy groups -OCH3 is 2. The third-order valence-electron chi connectivity index (χ3n) is 3.98. The molecule has 27 heavy (non-hydrogen) atoms. The van der Waals surface area contributed by atoms with Gasteiger partial charge in [0, 0.05) is 12.6 Å². The van der Waals surface area contributed by atoms with Crippen molar-refractivity contribution in [2.24, 2.45) is 0 Å². The van der Waals surface area contributed by atoms with E-state index < -0.39 is 0 Å². The van der Waals surface area contributed by atoms with Crippen molar-refractivity contribution in [3.05, 3.63) is 62.9 Å². The Morgan fingerprint density at radius 1 is 1.19 bits per heavy atom. The minimum Gasteiger partial charge on any atom is -0.497 e. The van der Waals surface area contributed by atoms with Crippen LogP contribution >= 0.6 is 23.6 Å². The predicted molar refractivity (Wildman–Crippen MR) is 110 cm³/mol. The van der Waals surface area contributed by atoms with Gasteiger partial charge in [-0.25, -0.2) is 0 Å². The lowest BCUT2D eigenvalue weighted by Gasteiger charge is -2.12. The van der Waals surface area contributed by atoms with E-state index in [0.717, 1.165) is 16.9 Å². The average Bonchev–Trinajstić information content (AvgIpc) is 3.00. The molecule has 0 saturated carbocycles. The van der Waals surface area contributed by atoms with E-state index in [4.69, 9.17) is 27.4 Å². The second-order valence-corrected chi connectivity index (χ2v) is 7.27. The summed E-state index contributed by atoms with van der Waals surface area (Å²) >= 11 is 6.60. The fourth-order valence-corrected chi connectivity index (χ4v) is 3.87. The summed E-state index contributed by atoms with van der Waals surface area (Å²) in [4.78, 5) is 13.0. The third-order valence-corrected chi connectivity index (χ3v) is 5.36. The Labute approximate surface area is 166 Å². The second kappa shape index (κ2) is 8.24. The van der Waals surface area contributed by atoms with Crippen LogP contribution < -0.4 is 20.5 Å². The first-order valence-electron chi connectivity index (χ1n) is 8.11. The highest BCUT2D eigenvalue weighted by Crippen LogP contribution is 2.33. The van der Waals surface area contributed by atoms with Gasteiger partial charge >= 0.3 is 0 Å². The lowest BCUT2D eigenvalue weighted by atomic mass is 10.2. The summed E-state index contributed by atoms with van der Waals surface area (Å²) in [7, 11) is 3.13. The Morgan fingerprint density at radius 2 is 1.93 bits per heavy atom. The van der Waals surface area contributed by atoms with E-state index in [1.165, 1.54) is 0 Å². The SMILES string of the molecule is COc1ccc(-n2c(N)c(C(=O)NCc3ccccc3)sc2=S)c(OC)c1. The van der Waals surface area contributed by atoms with E-state index in [1.54, 1.807) is 37.0 Å². The highest BCUT2D eigenvalue weighted by atomic mass is 32.1. The second-order valence-electron chi connectivity index (χ2n) is 5.62. The molecule has 6 nitrogen and oxygen atoms in total. The summed E-state index contributed by atoms with van der Waals surface area (Å²) in [5.41, 5.74) is 7.92. The van der Waals surface area contributed by atoms with Crippen LogP contribution in [0, 0.1) is 3.95 Å². The Hall–Kier alpha value is -2.84. The molecule has 3 N–H and O–H groups in total. The molecular weight excluding hydrogens is 382 g/mol. The summed E-state index contributed by atoms with van der Waals surface area (Å²) in [6.45, 7) is 0.412. The fraction of sp³-hybridized carbons (Fsp3) is 0.158. The zero-order valence-corrected chi connectivity index (χ0v) is 16.5. The number of nitrogens with two attached hydrogens (primary N) is 1. The van der Waals surface area contributed by atoms with Crippen LogP contribution in [0.4, 0.5) is 5.82 Å². The maximum absolute atomic E-state index is 12.6. The van der Waals surface area contributed by atoms with Gasteiger partial charge in [0.05, 0.1) is 19.9 Å². The number of carbonyl (C=O) groups is 1. The van der Waals surface area contributed by atoms with Crippen LogP contribution in [-0.4, -0.2) is 24.7 Å². The number of aromatic nitrogens is 1. The van der Waals surface area contributed by atoms with Crippen LogP contribution in [0.15, 0.2) is 48.5 Å². The van der Waals surface area contributed by atoms with Crippen molar-refractivity contribution in [2.75, 3.05) is 20.0 Å². The van der Waals surface area contributed by atoms with Crippen LogP contribution in [0.5, 0.6) is 11.5 Å². The normalized spacial score (nSPS) is 10.4. The zero-order chi connectivity index (χ0) is 19.4. The molecule has 1 amide bonds. The number of amides is 1. The number of benzene rings is 2. The molecule has 140 valence electrons. The van der Waals surface area contributed by atoms with Crippen molar-refractivity contribution >= 4 is 35.3 Å². The van der Waals surface area contributed by atoms with Gasteiger partial charge in [-0.1, -0.05) is 41.7 Å². The first-order chi connectivity index (χ1) is 13.0. The number of anilines is 1. The molecule has 0 aliphatic rings. The number of ether oxygens (including phenoxy) is 2. The minimum atomic E-state index is -0.265. The molecule has 0 atom stereocenters. The van der Waals surface area contributed by atoms with Crippen molar-refractivity contribution in [1.82, 2.24) is 9.88 Å². The van der Waals surface area contributed by atoms with Crippen LogP contribution in [0.25, 0.3) is 5.69 Å². The third kappa shape index (κ3) is 3.96. The number of rotatable bonds is 6. The predicted octanol–water partition coefficient (Wildman–Crippen LogP) is 3.80. The first kappa shape index (κ1) is 18.9. The molecule has 1 heterocycles. The van der Waals surface area contributed by atoms with Gasteiger partial charge in [-0.05, 0) is 29.9 Å². The maximum Gasteiger partial charge on any atom is 0.265 e. The van der Waals surface area contributed by atoms with Crippen LogP contribution in [0.2, 0.25) is 0 Å². The van der Waals surface area contributed by atoms with Gasteiger partial charge in [0.25, 0.3) is 5.91 Å². The Balaban J connectivity index is 1.91. The summed E-state index contributed by atoms with van der Waals surface area (Å²) in [5.74, 6) is 1.21. The summed E-state index contributed by atoms with van der Waals surface area (Å²) in [6.07, 6.45) is 0. The van der Waals surface area contributed by atoms with Crippen molar-refractivity contribution in [3.8, 4) is 17.2 Å². The number of hydrogen-bond donors (Lipinski definition) is 2. The fourth-order valence-electron chi connectivity index (χ4n) is 2.60. The highest BCUT2D eigenvalue weighted by Gasteiger charge is 2.20. The Bertz CT molecular complexity index is 1010. The van der Waals surface area contributed by atoms with Crippen molar-refractivity contribution < 1.29 is 14.3 Å². The molecule has 0 fully saturated rings. The number of nitrogens with zero attached hydrogens (tertiary/aromatic N) is 1. The van der Waals surface area contributed by atoms with E-state index in [1.807, 2.05) is 30.3 Å². The number of nitrogen functional groups attached to an aromatic ring is 1. The van der Waals surface area contributed by atoms with Gasteiger partial charge in [-0.15, -0.1) is 0 Å². The molecule has 3 rings (SSSR count). The molecule has 0 radical (unpaired) electrons. The molecular formula is C19H19N3O3S2. The molecule has 0 saturated heterocycles. The standard InChI is InChI=1S/C19H19N3O3S2/c1-24-13-8-9-14(15(10-13)25-2)22-17(20)16(27-19(22)26)18(23)21-11-12-6-4-3-5-7-12/h3-10H,11,20H2,1-2H3,(H,21,23). The molecule has 2 aromatic carbocycles. The summed E-state index contributed by atoms with van der Waals surface area (Å²) < 4.78 is 12.7. The van der Waals surface area contributed by atoms with Crippen molar-refractivity contribution in [2.45, 2.75) is 6.54 Å². The largest absolute Gasteiger partial charge is 0.497 e. The molecule has 1 aromatic heterocycles. The topological polar surface area (TPSA) is 78.5 Å². The van der Waals surface area contributed by atoms with E-state index in [-0.39, 0.29) is 11.7 Å². The molecule has 0 aliphatic heterocycles.